The van der Waals surface area contributed by atoms with Crippen molar-refractivity contribution in [2.75, 3.05) is 0 Å². The molecule has 3 heterocycles. The van der Waals surface area contributed by atoms with E-state index in [1.807, 2.05) is 48.5 Å². The van der Waals surface area contributed by atoms with Crippen LogP contribution in [-0.4, -0.2) is 29.3 Å². The minimum absolute atomic E-state index is 0.650. The number of rotatable bonds is 5. The van der Waals surface area contributed by atoms with E-state index in [0.29, 0.717) is 12.5 Å². The van der Waals surface area contributed by atoms with Gasteiger partial charge >= 0.3 is 0 Å². The van der Waals surface area contributed by atoms with Crippen LogP contribution in [0.1, 0.15) is 30.1 Å². The van der Waals surface area contributed by atoms with E-state index >= 15 is 0 Å². The minimum Gasteiger partial charge on any atom is -0.333 e. The molecular weight excluding hydrogens is 324 g/mol. The molecule has 0 spiro atoms. The van der Waals surface area contributed by atoms with Crippen LogP contribution in [0.2, 0.25) is 0 Å². The summed E-state index contributed by atoms with van der Waals surface area (Å²) >= 11 is 0. The molecule has 4 aromatic rings. The molecule has 130 valence electrons. The molecule has 1 aromatic carbocycles. The summed E-state index contributed by atoms with van der Waals surface area (Å²) in [6.45, 7) is 0.696. The van der Waals surface area contributed by atoms with Gasteiger partial charge in [-0.3, -0.25) is 5.10 Å². The second-order valence-corrected chi connectivity index (χ2v) is 6.89. The zero-order chi connectivity index (χ0) is 17.5. The summed E-state index contributed by atoms with van der Waals surface area (Å²) in [4.78, 5) is 9.28. The average molecular weight is 344 g/mol. The molecule has 1 aliphatic carbocycles. The molecule has 0 amide bonds. The van der Waals surface area contributed by atoms with E-state index in [4.69, 9.17) is 4.98 Å². The van der Waals surface area contributed by atoms with Gasteiger partial charge in [0.25, 0.3) is 0 Å². The maximum absolute atomic E-state index is 4.71. The van der Waals surface area contributed by atoms with E-state index in [1.165, 1.54) is 18.5 Å². The summed E-state index contributed by atoms with van der Waals surface area (Å²) < 4.78 is 4.18. The molecule has 0 atom stereocenters. The fraction of sp³-hybridized carbons (Fsp3) is 0.250. The van der Waals surface area contributed by atoms with Crippen LogP contribution in [0.25, 0.3) is 22.8 Å². The third-order valence-corrected chi connectivity index (χ3v) is 4.90. The van der Waals surface area contributed by atoms with Crippen LogP contribution < -0.4 is 0 Å². The number of H-pyrrole nitrogens is 1. The Morgan fingerprint density at radius 1 is 1.15 bits per heavy atom. The highest BCUT2D eigenvalue weighted by atomic mass is 15.2. The fourth-order valence-corrected chi connectivity index (χ4v) is 3.37. The van der Waals surface area contributed by atoms with Crippen molar-refractivity contribution in [3.63, 3.8) is 0 Å². The maximum Gasteiger partial charge on any atom is 0.158 e. The van der Waals surface area contributed by atoms with Gasteiger partial charge in [0.05, 0.1) is 30.0 Å². The molecule has 5 rings (SSSR count). The van der Waals surface area contributed by atoms with E-state index in [1.54, 1.807) is 0 Å². The Hall–Kier alpha value is -3.15. The standard InChI is InChI=1S/C20H20N6/c1-25-10-9-21-20(25)19-18(15-5-3-2-4-6-15)22-13-26(19)12-16-11-17(24-23-16)14-7-8-14/h2-6,9-11,13-14H,7-8,12H2,1H3,(H,23,24). The van der Waals surface area contributed by atoms with Crippen molar-refractivity contribution < 1.29 is 0 Å². The number of aromatic nitrogens is 6. The Morgan fingerprint density at radius 2 is 2.00 bits per heavy atom. The highest BCUT2D eigenvalue weighted by Gasteiger charge is 2.26. The first-order valence-electron chi connectivity index (χ1n) is 8.92. The van der Waals surface area contributed by atoms with E-state index in [0.717, 1.165) is 28.5 Å². The van der Waals surface area contributed by atoms with Gasteiger partial charge in [0, 0.05) is 30.9 Å². The zero-order valence-electron chi connectivity index (χ0n) is 14.6. The van der Waals surface area contributed by atoms with Crippen LogP contribution in [-0.2, 0) is 13.6 Å². The first kappa shape index (κ1) is 15.1. The number of aromatic amines is 1. The second-order valence-electron chi connectivity index (χ2n) is 6.89. The number of hydrogen-bond acceptors (Lipinski definition) is 3. The predicted molar refractivity (Wildman–Crippen MR) is 99.5 cm³/mol. The molecule has 1 saturated carbocycles. The molecule has 6 nitrogen and oxygen atoms in total. The molecule has 0 saturated heterocycles. The Labute approximate surface area is 151 Å². The van der Waals surface area contributed by atoms with E-state index < -0.39 is 0 Å². The fourth-order valence-electron chi connectivity index (χ4n) is 3.37. The van der Waals surface area contributed by atoms with Gasteiger partial charge in [0.1, 0.15) is 5.69 Å². The van der Waals surface area contributed by atoms with Crippen molar-refractivity contribution in [1.29, 1.82) is 0 Å². The van der Waals surface area contributed by atoms with Gasteiger partial charge in [0.15, 0.2) is 5.82 Å². The van der Waals surface area contributed by atoms with Crippen molar-refractivity contribution in [1.82, 2.24) is 29.3 Å². The smallest absolute Gasteiger partial charge is 0.158 e. The summed E-state index contributed by atoms with van der Waals surface area (Å²) in [6.07, 6.45) is 8.19. The molecule has 0 aliphatic heterocycles. The summed E-state index contributed by atoms with van der Waals surface area (Å²) in [5.74, 6) is 1.56. The normalized spacial score (nSPS) is 14.0. The van der Waals surface area contributed by atoms with Crippen LogP contribution in [0.5, 0.6) is 0 Å². The number of aryl methyl sites for hydroxylation is 1. The number of imidazole rings is 2. The summed E-state index contributed by atoms with van der Waals surface area (Å²) in [7, 11) is 2.01. The van der Waals surface area contributed by atoms with Gasteiger partial charge in [-0.15, -0.1) is 0 Å². The third-order valence-electron chi connectivity index (χ3n) is 4.90. The van der Waals surface area contributed by atoms with Crippen LogP contribution in [0.3, 0.4) is 0 Å². The molecule has 6 heteroatoms. The number of benzene rings is 1. The van der Waals surface area contributed by atoms with Crippen molar-refractivity contribution >= 4 is 0 Å². The SMILES string of the molecule is Cn1ccnc1-c1c(-c2ccccc2)ncn1Cc1cc(C2CC2)n[nH]1. The van der Waals surface area contributed by atoms with E-state index in [2.05, 4.69) is 37.9 Å². The highest BCUT2D eigenvalue weighted by Crippen LogP contribution is 2.39. The maximum atomic E-state index is 4.71. The van der Waals surface area contributed by atoms with Crippen molar-refractivity contribution in [2.24, 2.45) is 7.05 Å². The van der Waals surface area contributed by atoms with Crippen molar-refractivity contribution in [3.05, 3.63) is 66.5 Å². The first-order valence-corrected chi connectivity index (χ1v) is 8.92. The Morgan fingerprint density at radius 3 is 2.73 bits per heavy atom. The van der Waals surface area contributed by atoms with Gasteiger partial charge < -0.3 is 9.13 Å². The van der Waals surface area contributed by atoms with Gasteiger partial charge in [-0.25, -0.2) is 9.97 Å². The largest absolute Gasteiger partial charge is 0.333 e. The molecule has 0 radical (unpaired) electrons. The van der Waals surface area contributed by atoms with Gasteiger partial charge in [-0.05, 0) is 18.9 Å². The molecular formula is C20H20N6. The zero-order valence-corrected chi connectivity index (χ0v) is 14.6. The topological polar surface area (TPSA) is 64.3 Å². The number of hydrogen-bond donors (Lipinski definition) is 1. The second kappa shape index (κ2) is 5.98. The third kappa shape index (κ3) is 2.63. The van der Waals surface area contributed by atoms with Crippen LogP contribution >= 0.6 is 0 Å². The Kier molecular flexibility index (Phi) is 3.48. The van der Waals surface area contributed by atoms with E-state index in [-0.39, 0.29) is 0 Å². The van der Waals surface area contributed by atoms with Gasteiger partial charge in [-0.2, -0.15) is 5.10 Å². The predicted octanol–water partition coefficient (Wildman–Crippen LogP) is 3.60. The highest BCUT2D eigenvalue weighted by molar-refractivity contribution is 5.75. The van der Waals surface area contributed by atoms with Crippen LogP contribution in [0, 0.1) is 0 Å². The molecule has 3 aromatic heterocycles. The number of nitrogens with one attached hydrogen (secondary N) is 1. The average Bonchev–Trinajstić information content (AvgIpc) is 3.06. The molecule has 1 fully saturated rings. The summed E-state index contributed by atoms with van der Waals surface area (Å²) in [6, 6.07) is 12.4. The summed E-state index contributed by atoms with van der Waals surface area (Å²) in [5.41, 5.74) is 5.34. The molecule has 0 bridgehead atoms. The van der Waals surface area contributed by atoms with Crippen LogP contribution in [0.4, 0.5) is 0 Å². The lowest BCUT2D eigenvalue weighted by atomic mass is 10.1. The van der Waals surface area contributed by atoms with Crippen molar-refractivity contribution in [2.45, 2.75) is 25.3 Å². The summed E-state index contributed by atoms with van der Waals surface area (Å²) in [5, 5.41) is 7.66. The van der Waals surface area contributed by atoms with Gasteiger partial charge in [-0.1, -0.05) is 30.3 Å². The molecule has 1 N–H and O–H groups in total. The lowest BCUT2D eigenvalue weighted by Crippen LogP contribution is -2.04. The van der Waals surface area contributed by atoms with Crippen molar-refractivity contribution in [3.8, 4) is 22.8 Å². The van der Waals surface area contributed by atoms with Gasteiger partial charge in [0.2, 0.25) is 0 Å². The quantitative estimate of drug-likeness (QED) is 0.602. The molecule has 0 unspecified atom stereocenters. The molecule has 1 aliphatic rings. The Bertz CT molecular complexity index is 1040. The van der Waals surface area contributed by atoms with E-state index in [9.17, 15) is 0 Å². The number of nitrogens with zero attached hydrogens (tertiary/aromatic N) is 5. The van der Waals surface area contributed by atoms with Crippen LogP contribution in [0.15, 0.2) is 55.1 Å². The minimum atomic E-state index is 0.650. The Balaban J connectivity index is 1.58. The lowest BCUT2D eigenvalue weighted by molar-refractivity contribution is 0.762. The lowest BCUT2D eigenvalue weighted by Gasteiger charge is -2.09. The molecule has 26 heavy (non-hydrogen) atoms. The monoisotopic (exact) mass is 344 g/mol. The first-order chi connectivity index (χ1) is 12.8.